The van der Waals surface area contributed by atoms with E-state index in [1.54, 1.807) is 26.0 Å². The fourth-order valence-electron chi connectivity index (χ4n) is 4.64. The van der Waals surface area contributed by atoms with E-state index in [2.05, 4.69) is 10.3 Å². The largest absolute Gasteiger partial charge is 0.396 e. The van der Waals surface area contributed by atoms with Gasteiger partial charge in [0.1, 0.15) is 35.5 Å². The van der Waals surface area contributed by atoms with Gasteiger partial charge in [0.2, 0.25) is 0 Å². The highest BCUT2D eigenvalue weighted by atomic mass is 32.2. The molecule has 0 bridgehead atoms. The molecule has 1 aromatic heterocycles. The molecule has 1 saturated heterocycles. The van der Waals surface area contributed by atoms with Crippen LogP contribution in [-0.4, -0.2) is 83.1 Å². The quantitative estimate of drug-likeness (QED) is 0.245. The summed E-state index contributed by atoms with van der Waals surface area (Å²) in [5.74, 6) is -4.46. The topological polar surface area (TPSA) is 141 Å². The fraction of sp³-hybridized carbons (Fsp3) is 0.462. The maximum absolute atomic E-state index is 13.8. The van der Waals surface area contributed by atoms with Gasteiger partial charge in [0.15, 0.2) is 17.5 Å². The average Bonchev–Trinajstić information content (AvgIpc) is 3.36. The van der Waals surface area contributed by atoms with Crippen molar-refractivity contribution in [1.82, 2.24) is 15.0 Å². The molecule has 0 spiro atoms. The number of hydrogen-bond acceptors (Lipinski definition) is 9. The third-order valence-electron chi connectivity index (χ3n) is 6.57. The molecule has 6 atom stereocenters. The second-order valence-corrected chi connectivity index (χ2v) is 11.1. The van der Waals surface area contributed by atoms with Crippen molar-refractivity contribution in [3.05, 3.63) is 71.2 Å². The highest BCUT2D eigenvalue weighted by Gasteiger charge is 2.48. The Morgan fingerprint density at radius 2 is 1.74 bits per heavy atom. The van der Waals surface area contributed by atoms with Crippen LogP contribution in [0.15, 0.2) is 42.6 Å². The molecule has 2 aromatic carbocycles. The van der Waals surface area contributed by atoms with E-state index in [1.807, 2.05) is 12.1 Å². The van der Waals surface area contributed by atoms with Crippen LogP contribution in [0.1, 0.15) is 36.3 Å². The maximum Gasteiger partial charge on any atom is 0.194 e. The van der Waals surface area contributed by atoms with Crippen molar-refractivity contribution in [1.29, 1.82) is 0 Å². The first-order valence-corrected chi connectivity index (χ1v) is 13.2. The molecule has 0 amide bonds. The summed E-state index contributed by atoms with van der Waals surface area (Å²) in [5.41, 5.74) is -1.05. The van der Waals surface area contributed by atoms with Gasteiger partial charge in [-0.3, -0.25) is 0 Å². The van der Waals surface area contributed by atoms with Gasteiger partial charge in [-0.1, -0.05) is 29.5 Å². The zero-order valence-corrected chi connectivity index (χ0v) is 22.0. The molecule has 0 radical (unpaired) electrons. The predicted octanol–water partition coefficient (Wildman–Crippen LogP) is 2.12. The van der Waals surface area contributed by atoms with Crippen molar-refractivity contribution >= 4 is 11.8 Å². The Kier molecular flexibility index (Phi) is 9.01. The second-order valence-electron chi connectivity index (χ2n) is 9.88. The van der Waals surface area contributed by atoms with Crippen LogP contribution in [0, 0.1) is 17.5 Å². The van der Waals surface area contributed by atoms with Crippen molar-refractivity contribution in [2.24, 2.45) is 0 Å². The van der Waals surface area contributed by atoms with E-state index < -0.39 is 64.7 Å². The van der Waals surface area contributed by atoms with Crippen molar-refractivity contribution in [2.75, 3.05) is 13.2 Å². The van der Waals surface area contributed by atoms with E-state index in [4.69, 9.17) is 4.74 Å². The van der Waals surface area contributed by atoms with Gasteiger partial charge >= 0.3 is 0 Å². The van der Waals surface area contributed by atoms with E-state index in [0.29, 0.717) is 12.0 Å². The molecule has 39 heavy (non-hydrogen) atoms. The van der Waals surface area contributed by atoms with E-state index in [-0.39, 0.29) is 17.9 Å². The number of benzene rings is 2. The van der Waals surface area contributed by atoms with Gasteiger partial charge in [0.05, 0.1) is 23.7 Å². The Morgan fingerprint density at radius 1 is 1.08 bits per heavy atom. The van der Waals surface area contributed by atoms with E-state index >= 15 is 0 Å². The molecule has 0 saturated carbocycles. The molecule has 0 aliphatic carbocycles. The third kappa shape index (κ3) is 6.14. The molecule has 1 aliphatic heterocycles. The summed E-state index contributed by atoms with van der Waals surface area (Å²) < 4.78 is 47.9. The number of halogens is 3. The molecule has 1 unspecified atom stereocenters. The maximum atomic E-state index is 13.8. The number of nitrogens with zero attached hydrogens (tertiary/aromatic N) is 3. The highest BCUT2D eigenvalue weighted by Crippen LogP contribution is 2.46. The first-order chi connectivity index (χ1) is 18.5. The Balaban J connectivity index is 1.67. The lowest BCUT2D eigenvalue weighted by molar-refractivity contribution is -0.179. The van der Waals surface area contributed by atoms with Crippen LogP contribution in [0.5, 0.6) is 0 Å². The zero-order chi connectivity index (χ0) is 28.5. The number of aliphatic hydroxyl groups excluding tert-OH is 4. The number of ether oxygens (including phenoxy) is 1. The van der Waals surface area contributed by atoms with E-state index in [0.717, 1.165) is 34.1 Å². The van der Waals surface area contributed by atoms with Crippen LogP contribution in [0.2, 0.25) is 0 Å². The summed E-state index contributed by atoms with van der Waals surface area (Å²) >= 11 is 1.07. The van der Waals surface area contributed by atoms with Crippen LogP contribution in [0.4, 0.5) is 13.2 Å². The fourth-order valence-corrected chi connectivity index (χ4v) is 6.15. The zero-order valence-electron chi connectivity index (χ0n) is 21.2. The molecule has 1 fully saturated rings. The lowest BCUT2D eigenvalue weighted by Crippen LogP contribution is -2.55. The molecule has 3 aromatic rings. The Hall–Kier alpha value is -2.52. The van der Waals surface area contributed by atoms with Crippen LogP contribution >= 0.6 is 11.8 Å². The molecule has 13 heteroatoms. The number of rotatable bonds is 9. The van der Waals surface area contributed by atoms with E-state index in [1.165, 1.54) is 6.20 Å². The number of hydrogen-bond donors (Lipinski definition) is 5. The molecule has 5 N–H and O–H groups in total. The van der Waals surface area contributed by atoms with Gasteiger partial charge in [0.25, 0.3) is 0 Å². The van der Waals surface area contributed by atoms with Crippen LogP contribution in [0.25, 0.3) is 11.3 Å². The van der Waals surface area contributed by atoms with Crippen molar-refractivity contribution in [2.45, 2.75) is 60.9 Å². The number of aromatic nitrogens is 3. The molecule has 1 aliphatic rings. The van der Waals surface area contributed by atoms with Gasteiger partial charge in [-0.05, 0) is 43.5 Å². The number of thioether (sulfide) groups is 1. The van der Waals surface area contributed by atoms with Crippen molar-refractivity contribution < 1.29 is 43.4 Å². The summed E-state index contributed by atoms with van der Waals surface area (Å²) in [4.78, 5) is 0. The first kappa shape index (κ1) is 29.5. The lowest BCUT2D eigenvalue weighted by Gasteiger charge is -2.44. The minimum Gasteiger partial charge on any atom is -0.396 e. The first-order valence-electron chi connectivity index (χ1n) is 12.2. The van der Waals surface area contributed by atoms with Crippen LogP contribution < -0.4 is 0 Å². The van der Waals surface area contributed by atoms with Crippen LogP contribution in [0.3, 0.4) is 0 Å². The van der Waals surface area contributed by atoms with E-state index in [9.17, 15) is 38.7 Å². The lowest BCUT2D eigenvalue weighted by atomic mass is 9.93. The van der Waals surface area contributed by atoms with Gasteiger partial charge in [-0.25, -0.2) is 17.9 Å². The van der Waals surface area contributed by atoms with Crippen molar-refractivity contribution in [3.8, 4) is 11.3 Å². The Bertz CT molecular complexity index is 1270. The summed E-state index contributed by atoms with van der Waals surface area (Å²) in [6.07, 6.45) is -2.49. The molecule has 4 rings (SSSR count). The summed E-state index contributed by atoms with van der Waals surface area (Å²) in [7, 11) is 0. The van der Waals surface area contributed by atoms with Gasteiger partial charge in [-0.15, -0.1) is 16.9 Å². The SMILES string of the molecule is CC(C)(O)C(S[C@@H]1O[C@H](CO)[C@H](O)[C@H](n2cc(-c3cc(F)c(F)c(F)c3)nn2)[C@H]1O)c1ccccc1CCO. The molecule has 212 valence electrons. The second kappa shape index (κ2) is 11.9. The minimum atomic E-state index is -1.63. The van der Waals surface area contributed by atoms with Crippen molar-refractivity contribution in [3.63, 3.8) is 0 Å². The average molecular weight is 570 g/mol. The van der Waals surface area contributed by atoms with Gasteiger partial charge in [0, 0.05) is 12.2 Å². The predicted molar refractivity (Wildman–Crippen MR) is 136 cm³/mol. The molecule has 9 nitrogen and oxygen atoms in total. The smallest absolute Gasteiger partial charge is 0.194 e. The van der Waals surface area contributed by atoms with Gasteiger partial charge < -0.3 is 30.3 Å². The summed E-state index contributed by atoms with van der Waals surface area (Å²) in [6.45, 7) is 2.47. The molecule has 2 heterocycles. The minimum absolute atomic E-state index is 0.0456. The summed E-state index contributed by atoms with van der Waals surface area (Å²) in [6, 6.07) is 7.50. The van der Waals surface area contributed by atoms with Crippen LogP contribution in [-0.2, 0) is 11.2 Å². The number of aliphatic hydroxyl groups is 5. The van der Waals surface area contributed by atoms with Gasteiger partial charge in [-0.2, -0.15) is 0 Å². The molecular weight excluding hydrogens is 539 g/mol. The highest BCUT2D eigenvalue weighted by molar-refractivity contribution is 8.00. The Labute approximate surface area is 226 Å². The summed E-state index contributed by atoms with van der Waals surface area (Å²) in [5, 5.41) is 59.8. The normalized spacial score (nSPS) is 24.6. The Morgan fingerprint density at radius 3 is 2.36 bits per heavy atom. The standard InChI is InChI=1S/C26H30F3N3O6S/c1-26(2,37)24(15-6-4-3-5-13(15)7-8-33)39-25-23(36)21(22(35)19(12-34)38-25)32-11-18(30-31-32)14-9-16(27)20(29)17(28)10-14/h3-6,9-11,19,21-25,33-37H,7-8,12H2,1-2H3/t19-,21+,22+,23-,24?,25+/m1/s1. The third-order valence-corrected chi connectivity index (χ3v) is 8.34. The molecular formula is C26H30F3N3O6S. The monoisotopic (exact) mass is 569 g/mol.